The number of nitrogens with one attached hydrogen (secondary N) is 2. The average Bonchev–Trinajstić information content (AvgIpc) is 3.21. The molecule has 2 aromatic rings. The van der Waals surface area contributed by atoms with E-state index in [1.807, 2.05) is 12.1 Å². The molecule has 1 saturated heterocycles. The highest BCUT2D eigenvalue weighted by atomic mass is 35.5. The molecule has 4 nitrogen and oxygen atoms in total. The Hall–Kier alpha value is -1.30. The molecule has 1 aliphatic heterocycles. The van der Waals surface area contributed by atoms with Gasteiger partial charge in [-0.2, -0.15) is 0 Å². The number of carbonyl (C=O) groups is 1. The van der Waals surface area contributed by atoms with Crippen LogP contribution in [0, 0.1) is 0 Å². The van der Waals surface area contributed by atoms with Crippen LogP contribution in [-0.2, 0) is 0 Å². The van der Waals surface area contributed by atoms with Crippen LogP contribution in [0.5, 0.6) is 0 Å². The van der Waals surface area contributed by atoms with Gasteiger partial charge in [0.1, 0.15) is 0 Å². The van der Waals surface area contributed by atoms with Crippen molar-refractivity contribution < 1.29 is 14.1 Å². The van der Waals surface area contributed by atoms with E-state index in [0.29, 0.717) is 15.8 Å². The van der Waals surface area contributed by atoms with Crippen LogP contribution in [0.3, 0.4) is 0 Å². The van der Waals surface area contributed by atoms with Gasteiger partial charge >= 0.3 is 0 Å². The fraction of sp³-hybridized carbons (Fsp3) is 0.400. The third kappa shape index (κ3) is 3.48. The van der Waals surface area contributed by atoms with Gasteiger partial charge in [0.05, 0.1) is 35.1 Å². The van der Waals surface area contributed by atoms with Crippen molar-refractivity contribution in [2.24, 2.45) is 0 Å². The van der Waals surface area contributed by atoms with E-state index in [2.05, 4.69) is 5.32 Å². The second-order valence-corrected chi connectivity index (χ2v) is 6.96. The first-order valence-electron chi connectivity index (χ1n) is 7.15. The summed E-state index contributed by atoms with van der Waals surface area (Å²) in [5, 5.41) is 3.01. The van der Waals surface area contributed by atoms with E-state index in [9.17, 15) is 4.79 Å². The van der Waals surface area contributed by atoms with Crippen LogP contribution >= 0.6 is 22.9 Å². The van der Waals surface area contributed by atoms with Gasteiger partial charge in [-0.3, -0.25) is 4.79 Å². The number of hydrogen-bond donors (Lipinski definition) is 2. The molecule has 0 saturated carbocycles. The monoisotopic (exact) mass is 325 g/mol. The number of carbonyl (C=O) groups excluding carboxylic acids is 1. The zero-order valence-electron chi connectivity index (χ0n) is 11.6. The van der Waals surface area contributed by atoms with Gasteiger partial charge < -0.3 is 14.6 Å². The predicted molar refractivity (Wildman–Crippen MR) is 83.0 cm³/mol. The van der Waals surface area contributed by atoms with Crippen molar-refractivity contribution in [2.45, 2.75) is 18.9 Å². The maximum atomic E-state index is 12.1. The number of likely N-dealkylation sites (tertiary alicyclic amines) is 1. The number of hydrogen-bond acceptors (Lipinski definition) is 3. The first-order valence-corrected chi connectivity index (χ1v) is 8.35. The molecule has 21 heavy (non-hydrogen) atoms. The molecule has 2 aromatic heterocycles. The maximum Gasteiger partial charge on any atom is 0.261 e. The van der Waals surface area contributed by atoms with E-state index in [0.717, 1.165) is 18.8 Å². The summed E-state index contributed by atoms with van der Waals surface area (Å²) in [6.45, 7) is 2.84. The number of thiophene rings is 1. The average molecular weight is 326 g/mol. The predicted octanol–water partition coefficient (Wildman–Crippen LogP) is 2.14. The molecule has 1 fully saturated rings. The zero-order valence-corrected chi connectivity index (χ0v) is 13.2. The van der Waals surface area contributed by atoms with Crippen molar-refractivity contribution in [1.82, 2.24) is 5.32 Å². The molecule has 1 amide bonds. The first kappa shape index (κ1) is 14.6. The number of quaternary nitrogens is 1. The maximum absolute atomic E-state index is 12.1. The summed E-state index contributed by atoms with van der Waals surface area (Å²) in [4.78, 5) is 14.3. The topological polar surface area (TPSA) is 46.7 Å². The summed E-state index contributed by atoms with van der Waals surface area (Å²) in [5.41, 5.74) is 0. The van der Waals surface area contributed by atoms with Crippen LogP contribution in [0.4, 0.5) is 0 Å². The minimum Gasteiger partial charge on any atom is -0.463 e. The lowest BCUT2D eigenvalue weighted by Crippen LogP contribution is -3.11. The molecule has 3 rings (SSSR count). The molecule has 1 atom stereocenters. The SMILES string of the molecule is O=C(NC[C@@H](c1ccco1)[NH+]1CCCC1)c1ccc(Cl)s1. The summed E-state index contributed by atoms with van der Waals surface area (Å²) in [6.07, 6.45) is 4.17. The van der Waals surface area contributed by atoms with Crippen LogP contribution in [0.25, 0.3) is 0 Å². The van der Waals surface area contributed by atoms with Crippen molar-refractivity contribution in [3.63, 3.8) is 0 Å². The van der Waals surface area contributed by atoms with Gasteiger partial charge in [-0.25, -0.2) is 0 Å². The lowest BCUT2D eigenvalue weighted by atomic mass is 10.2. The second-order valence-electron chi connectivity index (χ2n) is 5.25. The normalized spacial score (nSPS) is 17.0. The standard InChI is InChI=1S/C15H17ClN2O2S/c16-14-6-5-13(21-14)15(19)17-10-11(12-4-3-9-20-12)18-7-1-2-8-18/h3-6,9,11H,1-2,7-8,10H2,(H,17,19)/p+1/t11-/m0/s1. The van der Waals surface area contributed by atoms with E-state index in [-0.39, 0.29) is 11.9 Å². The van der Waals surface area contributed by atoms with Gasteiger partial charge in [0.25, 0.3) is 5.91 Å². The number of halogens is 1. The van der Waals surface area contributed by atoms with Crippen molar-refractivity contribution in [2.75, 3.05) is 19.6 Å². The minimum atomic E-state index is -0.0675. The summed E-state index contributed by atoms with van der Waals surface area (Å²) in [6, 6.07) is 7.58. The number of furan rings is 1. The number of amides is 1. The largest absolute Gasteiger partial charge is 0.463 e. The van der Waals surface area contributed by atoms with Crippen molar-refractivity contribution in [3.8, 4) is 0 Å². The Labute approximate surface area is 132 Å². The number of rotatable bonds is 5. The van der Waals surface area contributed by atoms with Gasteiger partial charge in [-0.05, 0) is 24.3 Å². The Balaban J connectivity index is 1.66. The van der Waals surface area contributed by atoms with Crippen LogP contribution < -0.4 is 10.2 Å². The molecule has 0 bridgehead atoms. The minimum absolute atomic E-state index is 0.0675. The fourth-order valence-corrected chi connectivity index (χ4v) is 3.79. The van der Waals surface area contributed by atoms with Gasteiger partial charge in [-0.15, -0.1) is 11.3 Å². The third-order valence-corrected chi connectivity index (χ3v) is 5.12. The van der Waals surface area contributed by atoms with Crippen LogP contribution in [0.2, 0.25) is 4.34 Å². The van der Waals surface area contributed by atoms with E-state index in [1.165, 1.54) is 29.1 Å². The first-order chi connectivity index (χ1) is 10.2. The Kier molecular flexibility index (Phi) is 4.63. The van der Waals surface area contributed by atoms with Gasteiger partial charge in [0.2, 0.25) is 0 Å². The molecular weight excluding hydrogens is 308 g/mol. The quantitative estimate of drug-likeness (QED) is 0.885. The molecule has 3 heterocycles. The third-order valence-electron chi connectivity index (χ3n) is 3.89. The summed E-state index contributed by atoms with van der Waals surface area (Å²) >= 11 is 7.17. The molecule has 0 aliphatic carbocycles. The highest BCUT2D eigenvalue weighted by Crippen LogP contribution is 2.21. The summed E-state index contributed by atoms with van der Waals surface area (Å²) in [7, 11) is 0. The molecule has 112 valence electrons. The van der Waals surface area contributed by atoms with Gasteiger partial charge in [0.15, 0.2) is 11.8 Å². The van der Waals surface area contributed by atoms with Gasteiger partial charge in [-0.1, -0.05) is 11.6 Å². The van der Waals surface area contributed by atoms with Crippen LogP contribution in [0.15, 0.2) is 34.9 Å². The lowest BCUT2D eigenvalue weighted by molar-refractivity contribution is -0.919. The molecular formula is C15H18ClN2O2S+. The van der Waals surface area contributed by atoms with E-state index < -0.39 is 0 Å². The van der Waals surface area contributed by atoms with Crippen molar-refractivity contribution in [3.05, 3.63) is 45.5 Å². The summed E-state index contributed by atoms with van der Waals surface area (Å²) in [5.74, 6) is 0.874. The van der Waals surface area contributed by atoms with E-state index >= 15 is 0 Å². The fourth-order valence-electron chi connectivity index (χ4n) is 2.83. The smallest absolute Gasteiger partial charge is 0.261 e. The highest BCUT2D eigenvalue weighted by Gasteiger charge is 2.29. The molecule has 1 aliphatic rings. The van der Waals surface area contributed by atoms with Crippen LogP contribution in [-0.4, -0.2) is 25.5 Å². The highest BCUT2D eigenvalue weighted by molar-refractivity contribution is 7.17. The second kappa shape index (κ2) is 6.64. The van der Waals surface area contributed by atoms with E-state index in [4.69, 9.17) is 16.0 Å². The Bertz CT molecular complexity index is 591. The molecule has 2 N–H and O–H groups in total. The molecule has 0 spiro atoms. The Morgan fingerprint density at radius 3 is 2.81 bits per heavy atom. The van der Waals surface area contributed by atoms with Crippen LogP contribution in [0.1, 0.15) is 34.3 Å². The molecule has 0 radical (unpaired) electrons. The molecule has 0 aromatic carbocycles. The van der Waals surface area contributed by atoms with E-state index in [1.54, 1.807) is 18.4 Å². The summed E-state index contributed by atoms with van der Waals surface area (Å²) < 4.78 is 6.19. The molecule has 0 unspecified atom stereocenters. The van der Waals surface area contributed by atoms with Crippen molar-refractivity contribution in [1.29, 1.82) is 0 Å². The lowest BCUT2D eigenvalue weighted by Gasteiger charge is -2.23. The Morgan fingerprint density at radius 1 is 1.38 bits per heavy atom. The van der Waals surface area contributed by atoms with Crippen molar-refractivity contribution >= 4 is 28.8 Å². The Morgan fingerprint density at radius 2 is 2.19 bits per heavy atom. The van der Waals surface area contributed by atoms with Gasteiger partial charge in [0, 0.05) is 12.8 Å². The molecule has 6 heteroatoms. The zero-order chi connectivity index (χ0) is 14.7.